The van der Waals surface area contributed by atoms with Crippen LogP contribution in [0.15, 0.2) is 60.8 Å². The van der Waals surface area contributed by atoms with Crippen molar-refractivity contribution in [2.75, 3.05) is 44.8 Å². The lowest BCUT2D eigenvalue weighted by Gasteiger charge is -2.19. The van der Waals surface area contributed by atoms with Crippen molar-refractivity contribution in [2.24, 2.45) is 0 Å². The van der Waals surface area contributed by atoms with Crippen LogP contribution in [0.1, 0.15) is 25.8 Å². The molecule has 1 aliphatic rings. The zero-order valence-corrected chi connectivity index (χ0v) is 20.9. The smallest absolute Gasteiger partial charge is 0.227 e. The van der Waals surface area contributed by atoms with Gasteiger partial charge in [0.05, 0.1) is 25.5 Å². The minimum absolute atomic E-state index is 0.379. The van der Waals surface area contributed by atoms with Crippen molar-refractivity contribution in [3.63, 3.8) is 0 Å². The minimum atomic E-state index is -0.379. The molecule has 0 amide bonds. The van der Waals surface area contributed by atoms with E-state index in [9.17, 15) is 4.39 Å². The van der Waals surface area contributed by atoms with E-state index in [4.69, 9.17) is 14.2 Å². The Morgan fingerprint density at radius 2 is 1.97 bits per heavy atom. The van der Waals surface area contributed by atoms with E-state index < -0.39 is 0 Å². The molecule has 1 aliphatic heterocycles. The average Bonchev–Trinajstić information content (AvgIpc) is 2.88. The van der Waals surface area contributed by atoms with Crippen LogP contribution < -0.4 is 14.8 Å². The van der Waals surface area contributed by atoms with Gasteiger partial charge in [0.1, 0.15) is 23.9 Å². The average molecular weight is 493 g/mol. The maximum Gasteiger partial charge on any atom is 0.227 e. The number of hydrogen-bond donors (Lipinski definition) is 1. The number of benzene rings is 2. The fraction of sp³-hybridized carbons (Fsp3) is 0.357. The van der Waals surface area contributed by atoms with Crippen molar-refractivity contribution < 1.29 is 18.6 Å². The van der Waals surface area contributed by atoms with E-state index in [2.05, 4.69) is 34.0 Å². The second-order valence-corrected chi connectivity index (χ2v) is 8.39. The van der Waals surface area contributed by atoms with Crippen molar-refractivity contribution >= 4 is 11.6 Å². The van der Waals surface area contributed by atoms with Gasteiger partial charge in [0.15, 0.2) is 0 Å². The van der Waals surface area contributed by atoms with Crippen molar-refractivity contribution in [1.82, 2.24) is 14.9 Å². The molecular formula is C28H33FN4O3. The van der Waals surface area contributed by atoms with Crippen molar-refractivity contribution in [3.05, 3.63) is 72.2 Å². The van der Waals surface area contributed by atoms with E-state index >= 15 is 0 Å². The van der Waals surface area contributed by atoms with E-state index in [-0.39, 0.29) is 5.82 Å². The molecule has 1 aromatic heterocycles. The van der Waals surface area contributed by atoms with Crippen molar-refractivity contribution in [2.45, 2.75) is 26.9 Å². The predicted molar refractivity (Wildman–Crippen MR) is 139 cm³/mol. The second kappa shape index (κ2) is 13.0. The van der Waals surface area contributed by atoms with Gasteiger partial charge < -0.3 is 24.4 Å². The summed E-state index contributed by atoms with van der Waals surface area (Å²) in [5.74, 6) is 1.28. The molecule has 2 aromatic carbocycles. The summed E-state index contributed by atoms with van der Waals surface area (Å²) in [6.45, 7) is 9.04. The number of hydrogen-bond acceptors (Lipinski definition) is 7. The molecule has 1 N–H and O–H groups in total. The van der Waals surface area contributed by atoms with Crippen LogP contribution in [0.5, 0.6) is 11.5 Å². The number of aromatic nitrogens is 2. The first-order valence-electron chi connectivity index (χ1n) is 12.4. The summed E-state index contributed by atoms with van der Waals surface area (Å²) in [6, 6.07) is 12.2. The molecule has 7 nitrogen and oxygen atoms in total. The third-order valence-electron chi connectivity index (χ3n) is 5.89. The van der Waals surface area contributed by atoms with Crippen LogP contribution in [-0.2, 0) is 11.3 Å². The van der Waals surface area contributed by atoms with Crippen LogP contribution in [0, 0.1) is 5.82 Å². The fourth-order valence-electron chi connectivity index (χ4n) is 3.91. The SMILES string of the molecule is CCN(CC)CCOc1ccc2cc1COC/C=C/CCOc1cc(F)cc(c1)-c1ccnc(n1)N2. The molecule has 0 fully saturated rings. The molecular weight excluding hydrogens is 459 g/mol. The van der Waals surface area contributed by atoms with Crippen LogP contribution >= 0.6 is 0 Å². The maximum absolute atomic E-state index is 14.3. The summed E-state index contributed by atoms with van der Waals surface area (Å²) in [5.41, 5.74) is 2.96. The molecule has 0 aliphatic carbocycles. The third kappa shape index (κ3) is 7.26. The lowest BCUT2D eigenvalue weighted by molar-refractivity contribution is 0.143. The number of nitrogens with one attached hydrogen (secondary N) is 1. The molecule has 0 atom stereocenters. The molecule has 36 heavy (non-hydrogen) atoms. The topological polar surface area (TPSA) is 68.7 Å². The van der Waals surface area contributed by atoms with Gasteiger partial charge in [-0.15, -0.1) is 0 Å². The number of fused-ring (bicyclic) bond motifs is 7. The molecule has 2 heterocycles. The fourth-order valence-corrected chi connectivity index (χ4v) is 3.91. The molecule has 4 rings (SSSR count). The lowest BCUT2D eigenvalue weighted by Crippen LogP contribution is -2.28. The van der Waals surface area contributed by atoms with Gasteiger partial charge in [-0.3, -0.25) is 0 Å². The number of anilines is 2. The largest absolute Gasteiger partial charge is 0.493 e. The zero-order valence-electron chi connectivity index (χ0n) is 20.9. The number of ether oxygens (including phenoxy) is 3. The molecule has 0 spiro atoms. The van der Waals surface area contributed by atoms with Gasteiger partial charge >= 0.3 is 0 Å². The van der Waals surface area contributed by atoms with E-state index in [0.717, 1.165) is 36.6 Å². The van der Waals surface area contributed by atoms with Gasteiger partial charge in [0.25, 0.3) is 0 Å². The first-order chi connectivity index (χ1) is 17.6. The van der Waals surface area contributed by atoms with Gasteiger partial charge in [-0.25, -0.2) is 14.4 Å². The number of rotatable bonds is 6. The molecule has 0 saturated heterocycles. The quantitative estimate of drug-likeness (QED) is 0.449. The number of halogens is 1. The standard InChI is InChI=1S/C28H33FN4O3/c1-3-33(4-2)12-15-36-27-9-8-24-17-22(27)20-34-13-6-5-7-14-35-25-18-21(16-23(29)19-25)26-10-11-30-28(31-24)32-26/h5-6,8-11,16-19H,3-4,7,12-15,20H2,1-2H3,(H,30,31,32)/b6-5+. The van der Waals surface area contributed by atoms with Crippen molar-refractivity contribution in [1.29, 1.82) is 0 Å². The molecule has 190 valence electrons. The molecule has 6 bridgehead atoms. The Balaban J connectivity index is 1.59. The summed E-state index contributed by atoms with van der Waals surface area (Å²) in [4.78, 5) is 11.3. The summed E-state index contributed by atoms with van der Waals surface area (Å²) in [6.07, 6.45) is 6.30. The normalized spacial score (nSPS) is 14.8. The predicted octanol–water partition coefficient (Wildman–Crippen LogP) is 5.60. The summed E-state index contributed by atoms with van der Waals surface area (Å²) < 4.78 is 32.0. The first-order valence-corrected chi connectivity index (χ1v) is 12.4. The monoisotopic (exact) mass is 492 g/mol. The first kappa shape index (κ1) is 25.6. The van der Waals surface area contributed by atoms with E-state index in [1.807, 2.05) is 30.4 Å². The highest BCUT2D eigenvalue weighted by atomic mass is 19.1. The Hall–Kier alpha value is -3.49. The van der Waals surface area contributed by atoms with Crippen LogP contribution in [0.25, 0.3) is 11.3 Å². The Morgan fingerprint density at radius 3 is 2.83 bits per heavy atom. The number of likely N-dealkylation sites (N-methyl/N-ethyl adjacent to an activating group) is 1. The Kier molecular flexibility index (Phi) is 9.24. The van der Waals surface area contributed by atoms with Crippen LogP contribution in [0.3, 0.4) is 0 Å². The van der Waals surface area contributed by atoms with Gasteiger partial charge in [-0.2, -0.15) is 0 Å². The van der Waals surface area contributed by atoms with Gasteiger partial charge in [-0.1, -0.05) is 26.0 Å². The highest BCUT2D eigenvalue weighted by Gasteiger charge is 2.11. The highest BCUT2D eigenvalue weighted by Crippen LogP contribution is 2.28. The van der Waals surface area contributed by atoms with Crippen LogP contribution in [-0.4, -0.2) is 54.3 Å². The van der Waals surface area contributed by atoms with E-state index in [1.165, 1.54) is 12.1 Å². The molecule has 0 unspecified atom stereocenters. The van der Waals surface area contributed by atoms with Crippen LogP contribution in [0.2, 0.25) is 0 Å². The second-order valence-electron chi connectivity index (χ2n) is 8.39. The molecule has 3 aromatic rings. The van der Waals surface area contributed by atoms with Crippen LogP contribution in [0.4, 0.5) is 16.0 Å². The maximum atomic E-state index is 14.3. The van der Waals surface area contributed by atoms with Gasteiger partial charge in [0, 0.05) is 35.6 Å². The third-order valence-corrected chi connectivity index (χ3v) is 5.89. The summed E-state index contributed by atoms with van der Waals surface area (Å²) in [7, 11) is 0. The molecule has 0 radical (unpaired) electrons. The van der Waals surface area contributed by atoms with E-state index in [0.29, 0.717) is 55.8 Å². The zero-order chi connectivity index (χ0) is 25.2. The van der Waals surface area contributed by atoms with Crippen molar-refractivity contribution in [3.8, 4) is 22.8 Å². The lowest BCUT2D eigenvalue weighted by atomic mass is 10.1. The Bertz CT molecular complexity index is 1170. The summed E-state index contributed by atoms with van der Waals surface area (Å²) >= 11 is 0. The Morgan fingerprint density at radius 1 is 1.08 bits per heavy atom. The summed E-state index contributed by atoms with van der Waals surface area (Å²) in [5, 5.41) is 3.25. The highest BCUT2D eigenvalue weighted by molar-refractivity contribution is 5.64. The van der Waals surface area contributed by atoms with Gasteiger partial charge in [-0.05, 0) is 55.9 Å². The minimum Gasteiger partial charge on any atom is -0.493 e. The number of nitrogens with zero attached hydrogens (tertiary/aromatic N) is 3. The van der Waals surface area contributed by atoms with E-state index in [1.54, 1.807) is 18.3 Å². The van der Waals surface area contributed by atoms with Gasteiger partial charge in [0.2, 0.25) is 5.95 Å². The molecule has 8 heteroatoms. The Labute approximate surface area is 211 Å². The molecule has 0 saturated carbocycles.